The minimum Gasteiger partial charge on any atom is -0.318 e. The fraction of sp³-hybridized carbons (Fsp3) is 0.769. The smallest absolute Gasteiger partial charge is 0.114 e. The summed E-state index contributed by atoms with van der Waals surface area (Å²) in [6.07, 6.45) is 4.86. The molecule has 2 aliphatic rings. The van der Waals surface area contributed by atoms with Crippen LogP contribution >= 0.6 is 23.1 Å². The molecule has 1 saturated heterocycles. The van der Waals surface area contributed by atoms with Gasteiger partial charge in [-0.1, -0.05) is 13.8 Å². The van der Waals surface area contributed by atoms with Gasteiger partial charge in [0.25, 0.3) is 0 Å². The van der Waals surface area contributed by atoms with E-state index in [9.17, 15) is 0 Å². The zero-order chi connectivity index (χ0) is 12.1. The Bertz CT molecular complexity index is 417. The van der Waals surface area contributed by atoms with Gasteiger partial charge in [-0.05, 0) is 36.9 Å². The first-order chi connectivity index (χ1) is 8.03. The molecule has 3 rings (SSSR count). The number of rotatable bonds is 1. The summed E-state index contributed by atoms with van der Waals surface area (Å²) in [6, 6.07) is 0. The van der Waals surface area contributed by atoms with E-state index in [2.05, 4.69) is 13.8 Å². The van der Waals surface area contributed by atoms with Crippen LogP contribution in [-0.4, -0.2) is 16.5 Å². The van der Waals surface area contributed by atoms with E-state index in [-0.39, 0.29) is 11.0 Å². The lowest BCUT2D eigenvalue weighted by Crippen LogP contribution is -2.54. The number of hydrogen-bond donors (Lipinski definition) is 1. The van der Waals surface area contributed by atoms with Gasteiger partial charge in [-0.3, -0.25) is 0 Å². The van der Waals surface area contributed by atoms with E-state index >= 15 is 0 Å². The van der Waals surface area contributed by atoms with Crippen molar-refractivity contribution in [3.8, 4) is 0 Å². The van der Waals surface area contributed by atoms with Crippen LogP contribution in [0.4, 0.5) is 0 Å². The van der Waals surface area contributed by atoms with Crippen molar-refractivity contribution in [1.82, 2.24) is 4.98 Å². The van der Waals surface area contributed by atoms with Gasteiger partial charge in [-0.15, -0.1) is 11.3 Å². The maximum absolute atomic E-state index is 6.75. The molecule has 2 nitrogen and oxygen atoms in total. The van der Waals surface area contributed by atoms with E-state index in [1.54, 1.807) is 0 Å². The molecule has 0 spiro atoms. The van der Waals surface area contributed by atoms with Crippen LogP contribution in [-0.2, 0) is 18.4 Å². The minimum atomic E-state index is -0.217. The molecule has 4 heteroatoms. The number of hydrogen-bond acceptors (Lipinski definition) is 4. The Hall–Kier alpha value is -0.0600. The Labute approximate surface area is 111 Å². The molecular weight excluding hydrogens is 248 g/mol. The van der Waals surface area contributed by atoms with Gasteiger partial charge >= 0.3 is 0 Å². The highest BCUT2D eigenvalue weighted by molar-refractivity contribution is 7.99. The van der Waals surface area contributed by atoms with E-state index in [1.165, 1.54) is 40.6 Å². The Balaban J connectivity index is 2.00. The third-order valence-corrected chi connectivity index (χ3v) is 6.87. The first-order valence-corrected chi connectivity index (χ1v) is 8.36. The van der Waals surface area contributed by atoms with Gasteiger partial charge in [-0.25, -0.2) is 4.98 Å². The topological polar surface area (TPSA) is 38.9 Å². The number of aryl methyl sites for hydroxylation is 2. The summed E-state index contributed by atoms with van der Waals surface area (Å²) in [5.41, 5.74) is 8.03. The zero-order valence-corrected chi connectivity index (χ0v) is 12.2. The standard InChI is InChI=1S/C13H20N2S2/c1-12(2)6-7-16-8-13(12,14)11-15-9-4-3-5-10(9)17-11/h3-8,14H2,1-2H3. The maximum atomic E-state index is 6.75. The Morgan fingerprint density at radius 3 is 2.82 bits per heavy atom. The van der Waals surface area contributed by atoms with Gasteiger partial charge < -0.3 is 5.73 Å². The summed E-state index contributed by atoms with van der Waals surface area (Å²) in [5, 5.41) is 1.19. The molecule has 0 amide bonds. The highest BCUT2D eigenvalue weighted by atomic mass is 32.2. The predicted molar refractivity (Wildman–Crippen MR) is 75.7 cm³/mol. The van der Waals surface area contributed by atoms with E-state index in [4.69, 9.17) is 10.7 Å². The third-order valence-electron chi connectivity index (χ3n) is 4.39. The quantitative estimate of drug-likeness (QED) is 0.851. The van der Waals surface area contributed by atoms with Crippen LogP contribution in [0, 0.1) is 5.41 Å². The van der Waals surface area contributed by atoms with Gasteiger partial charge in [0.1, 0.15) is 5.01 Å². The average molecular weight is 268 g/mol. The molecule has 1 aromatic rings. The SMILES string of the molecule is CC1(C)CCSCC1(N)c1nc2c(s1)CCC2. The molecule has 0 radical (unpaired) electrons. The summed E-state index contributed by atoms with van der Waals surface area (Å²) in [7, 11) is 0. The molecule has 17 heavy (non-hydrogen) atoms. The molecule has 1 fully saturated rings. The normalized spacial score (nSPS) is 31.5. The van der Waals surface area contributed by atoms with Crippen LogP contribution in [0.5, 0.6) is 0 Å². The van der Waals surface area contributed by atoms with Crippen molar-refractivity contribution in [3.05, 3.63) is 15.6 Å². The average Bonchev–Trinajstić information content (AvgIpc) is 2.82. The van der Waals surface area contributed by atoms with Crippen LogP contribution in [0.25, 0.3) is 0 Å². The van der Waals surface area contributed by atoms with Gasteiger partial charge in [0.15, 0.2) is 0 Å². The molecule has 94 valence electrons. The largest absolute Gasteiger partial charge is 0.318 e. The van der Waals surface area contributed by atoms with Gasteiger partial charge in [0.2, 0.25) is 0 Å². The third kappa shape index (κ3) is 1.76. The van der Waals surface area contributed by atoms with Crippen molar-refractivity contribution in [2.75, 3.05) is 11.5 Å². The highest BCUT2D eigenvalue weighted by Gasteiger charge is 2.47. The maximum Gasteiger partial charge on any atom is 0.114 e. The fourth-order valence-corrected chi connectivity index (χ4v) is 5.88. The Morgan fingerprint density at radius 1 is 1.29 bits per heavy atom. The lowest BCUT2D eigenvalue weighted by atomic mass is 9.72. The first kappa shape index (κ1) is 12.0. The molecule has 1 aliphatic carbocycles. The van der Waals surface area contributed by atoms with E-state index < -0.39 is 0 Å². The van der Waals surface area contributed by atoms with Crippen molar-refractivity contribution in [1.29, 1.82) is 0 Å². The van der Waals surface area contributed by atoms with Gasteiger partial charge in [0, 0.05) is 10.6 Å². The van der Waals surface area contributed by atoms with Crippen molar-refractivity contribution in [2.24, 2.45) is 11.1 Å². The number of thioether (sulfide) groups is 1. The summed E-state index contributed by atoms with van der Waals surface area (Å²) in [5.74, 6) is 2.25. The minimum absolute atomic E-state index is 0.170. The molecule has 1 atom stereocenters. The zero-order valence-electron chi connectivity index (χ0n) is 10.6. The summed E-state index contributed by atoms with van der Waals surface area (Å²) in [6.45, 7) is 4.61. The molecule has 1 aromatic heterocycles. The molecular formula is C13H20N2S2. The number of aromatic nitrogens is 1. The Morgan fingerprint density at radius 2 is 2.12 bits per heavy atom. The molecule has 2 N–H and O–H groups in total. The van der Waals surface area contributed by atoms with Crippen LogP contribution < -0.4 is 5.73 Å². The van der Waals surface area contributed by atoms with Gasteiger partial charge in [-0.2, -0.15) is 11.8 Å². The number of thiazole rings is 1. The molecule has 2 heterocycles. The van der Waals surface area contributed by atoms with Crippen LogP contribution in [0.3, 0.4) is 0 Å². The molecule has 1 aliphatic heterocycles. The lowest BCUT2D eigenvalue weighted by Gasteiger charge is -2.46. The van der Waals surface area contributed by atoms with Crippen LogP contribution in [0.15, 0.2) is 0 Å². The number of nitrogens with two attached hydrogens (primary N) is 1. The van der Waals surface area contributed by atoms with Crippen molar-refractivity contribution in [2.45, 2.75) is 45.1 Å². The van der Waals surface area contributed by atoms with Crippen LogP contribution in [0.1, 0.15) is 42.3 Å². The lowest BCUT2D eigenvalue weighted by molar-refractivity contribution is 0.175. The first-order valence-electron chi connectivity index (χ1n) is 6.39. The molecule has 0 aromatic carbocycles. The molecule has 0 saturated carbocycles. The number of fused-ring (bicyclic) bond motifs is 1. The highest BCUT2D eigenvalue weighted by Crippen LogP contribution is 2.48. The molecule has 0 bridgehead atoms. The Kier molecular flexibility index (Phi) is 2.80. The summed E-state index contributed by atoms with van der Waals surface area (Å²) >= 11 is 3.86. The second-order valence-corrected chi connectivity index (χ2v) is 8.09. The van der Waals surface area contributed by atoms with Gasteiger partial charge in [0.05, 0.1) is 11.2 Å². The monoisotopic (exact) mass is 268 g/mol. The van der Waals surface area contributed by atoms with E-state index in [1.807, 2.05) is 23.1 Å². The second kappa shape index (κ2) is 3.97. The summed E-state index contributed by atoms with van der Waals surface area (Å²) < 4.78 is 0. The predicted octanol–water partition coefficient (Wildman–Crippen LogP) is 2.95. The summed E-state index contributed by atoms with van der Waals surface area (Å²) in [4.78, 5) is 6.36. The number of nitrogens with zero attached hydrogens (tertiary/aromatic N) is 1. The van der Waals surface area contributed by atoms with Crippen LogP contribution in [0.2, 0.25) is 0 Å². The van der Waals surface area contributed by atoms with Crippen molar-refractivity contribution in [3.63, 3.8) is 0 Å². The molecule has 1 unspecified atom stereocenters. The van der Waals surface area contributed by atoms with E-state index in [0.717, 1.165) is 12.2 Å². The fourth-order valence-electron chi connectivity index (χ4n) is 2.71. The second-order valence-electron chi connectivity index (χ2n) is 5.90. The van der Waals surface area contributed by atoms with Crippen molar-refractivity contribution >= 4 is 23.1 Å². The van der Waals surface area contributed by atoms with E-state index in [0.29, 0.717) is 0 Å². The van der Waals surface area contributed by atoms with Crippen molar-refractivity contribution < 1.29 is 0 Å².